The Kier molecular flexibility index (Phi) is 6.79. The first-order valence-electron chi connectivity index (χ1n) is 10.7. The standard InChI is InChI=1S/C24H23ClN4O6S/c1-15-12-18(26-35-15)14-34-24(31)17-10-11-20(25)21(13-17)36(32,33)28(4)22-16(2)27(3)29(23(22)30)19-8-6-5-7-9-19/h5-13H,14H2,1-4H3. The van der Waals surface area contributed by atoms with Crippen LogP contribution in [0.4, 0.5) is 5.69 Å². The largest absolute Gasteiger partial charge is 0.455 e. The van der Waals surface area contributed by atoms with E-state index in [1.165, 1.54) is 23.9 Å². The number of para-hydroxylation sites is 1. The van der Waals surface area contributed by atoms with Crippen LogP contribution in [-0.4, -0.2) is 36.0 Å². The van der Waals surface area contributed by atoms with E-state index in [9.17, 15) is 18.0 Å². The highest BCUT2D eigenvalue weighted by atomic mass is 35.5. The normalized spacial score (nSPS) is 11.5. The predicted molar refractivity (Wildman–Crippen MR) is 133 cm³/mol. The lowest BCUT2D eigenvalue weighted by Gasteiger charge is -2.19. The second-order valence-electron chi connectivity index (χ2n) is 8.03. The number of aromatic nitrogens is 3. The van der Waals surface area contributed by atoms with Gasteiger partial charge < -0.3 is 9.26 Å². The molecule has 2 heterocycles. The molecule has 2 aromatic heterocycles. The fourth-order valence-corrected chi connectivity index (χ4v) is 5.47. The van der Waals surface area contributed by atoms with Crippen LogP contribution < -0.4 is 9.86 Å². The number of esters is 1. The summed E-state index contributed by atoms with van der Waals surface area (Å²) in [5.74, 6) is -0.208. The molecule has 0 bridgehead atoms. The zero-order valence-corrected chi connectivity index (χ0v) is 21.5. The molecule has 0 amide bonds. The Morgan fingerprint density at radius 1 is 1.14 bits per heavy atom. The fraction of sp³-hybridized carbons (Fsp3) is 0.208. The average molecular weight is 531 g/mol. The number of sulfonamides is 1. The molecule has 0 fully saturated rings. The molecule has 0 aliphatic carbocycles. The van der Waals surface area contributed by atoms with Crippen molar-refractivity contribution in [1.82, 2.24) is 14.5 Å². The molecule has 2 aromatic carbocycles. The van der Waals surface area contributed by atoms with Crippen LogP contribution in [0.2, 0.25) is 5.02 Å². The number of aryl methyl sites for hydroxylation is 1. The van der Waals surface area contributed by atoms with Gasteiger partial charge in [-0.05, 0) is 44.2 Å². The van der Waals surface area contributed by atoms with E-state index in [0.717, 1.165) is 10.4 Å². The van der Waals surface area contributed by atoms with Gasteiger partial charge in [0.05, 0.1) is 22.0 Å². The molecule has 0 saturated heterocycles. The van der Waals surface area contributed by atoms with E-state index in [0.29, 0.717) is 22.8 Å². The van der Waals surface area contributed by atoms with Crippen LogP contribution in [0.1, 0.15) is 27.5 Å². The van der Waals surface area contributed by atoms with Gasteiger partial charge in [0.1, 0.15) is 28.6 Å². The molecular formula is C24H23ClN4O6S. The summed E-state index contributed by atoms with van der Waals surface area (Å²) >= 11 is 6.24. The van der Waals surface area contributed by atoms with E-state index in [2.05, 4.69) is 5.16 Å². The van der Waals surface area contributed by atoms with E-state index in [4.69, 9.17) is 20.9 Å². The summed E-state index contributed by atoms with van der Waals surface area (Å²) in [6.07, 6.45) is 0. The van der Waals surface area contributed by atoms with E-state index < -0.39 is 21.6 Å². The smallest absolute Gasteiger partial charge is 0.338 e. The topological polar surface area (TPSA) is 117 Å². The SMILES string of the molecule is Cc1cc(COC(=O)c2ccc(Cl)c(S(=O)(=O)N(C)c3c(C)n(C)n(-c4ccccc4)c3=O)c2)no1. The minimum atomic E-state index is -4.33. The molecule has 0 aliphatic rings. The van der Waals surface area contributed by atoms with Crippen LogP contribution in [0, 0.1) is 13.8 Å². The highest BCUT2D eigenvalue weighted by molar-refractivity contribution is 7.93. The number of benzene rings is 2. The van der Waals surface area contributed by atoms with Crippen molar-refractivity contribution in [3.63, 3.8) is 0 Å². The van der Waals surface area contributed by atoms with Crippen molar-refractivity contribution >= 4 is 33.3 Å². The Morgan fingerprint density at radius 2 is 1.83 bits per heavy atom. The van der Waals surface area contributed by atoms with Crippen LogP contribution in [-0.2, 0) is 28.4 Å². The van der Waals surface area contributed by atoms with Crippen LogP contribution >= 0.6 is 11.6 Å². The first kappa shape index (κ1) is 25.3. The summed E-state index contributed by atoms with van der Waals surface area (Å²) in [5.41, 5.74) is 0.808. The fourth-order valence-electron chi connectivity index (χ4n) is 3.72. The summed E-state index contributed by atoms with van der Waals surface area (Å²) in [4.78, 5) is 25.6. The lowest BCUT2D eigenvalue weighted by atomic mass is 10.2. The molecule has 0 radical (unpaired) electrons. The van der Waals surface area contributed by atoms with Gasteiger partial charge >= 0.3 is 5.97 Å². The van der Waals surface area contributed by atoms with Crippen LogP contribution in [0.25, 0.3) is 5.69 Å². The minimum absolute atomic E-state index is 0.0296. The summed E-state index contributed by atoms with van der Waals surface area (Å²) in [6, 6.07) is 14.2. The maximum atomic E-state index is 13.6. The first-order chi connectivity index (χ1) is 17.0. The second-order valence-corrected chi connectivity index (χ2v) is 10.4. The number of anilines is 1. The van der Waals surface area contributed by atoms with Crippen molar-refractivity contribution in [2.24, 2.45) is 7.05 Å². The minimum Gasteiger partial charge on any atom is -0.455 e. The molecular weight excluding hydrogens is 508 g/mol. The third-order valence-electron chi connectivity index (χ3n) is 5.67. The van der Waals surface area contributed by atoms with Gasteiger partial charge in [-0.1, -0.05) is 35.0 Å². The van der Waals surface area contributed by atoms with Gasteiger partial charge in [-0.25, -0.2) is 17.9 Å². The van der Waals surface area contributed by atoms with E-state index in [1.54, 1.807) is 55.9 Å². The van der Waals surface area contributed by atoms with Gasteiger partial charge in [-0.15, -0.1) is 0 Å². The molecule has 12 heteroatoms. The molecule has 0 atom stereocenters. The number of nitrogens with zero attached hydrogens (tertiary/aromatic N) is 4. The van der Waals surface area contributed by atoms with Gasteiger partial charge in [0, 0.05) is 20.2 Å². The summed E-state index contributed by atoms with van der Waals surface area (Å²) < 4.78 is 41.1. The maximum absolute atomic E-state index is 13.6. The van der Waals surface area contributed by atoms with Crippen molar-refractivity contribution in [2.75, 3.05) is 11.4 Å². The highest BCUT2D eigenvalue weighted by Crippen LogP contribution is 2.29. The monoisotopic (exact) mass is 530 g/mol. The molecule has 0 unspecified atom stereocenters. The second kappa shape index (κ2) is 9.67. The Labute approximate surface area is 212 Å². The first-order valence-corrected chi connectivity index (χ1v) is 12.6. The van der Waals surface area contributed by atoms with Crippen molar-refractivity contribution in [3.8, 4) is 5.69 Å². The number of carbonyl (C=O) groups excluding carboxylic acids is 1. The lowest BCUT2D eigenvalue weighted by Crippen LogP contribution is -2.32. The molecule has 0 aliphatic heterocycles. The van der Waals surface area contributed by atoms with Crippen molar-refractivity contribution in [3.05, 3.63) is 92.7 Å². The number of carbonyl (C=O) groups is 1. The highest BCUT2D eigenvalue weighted by Gasteiger charge is 2.31. The third kappa shape index (κ3) is 4.54. The molecule has 0 saturated carbocycles. The molecule has 4 aromatic rings. The van der Waals surface area contributed by atoms with Gasteiger partial charge in [-0.2, -0.15) is 0 Å². The molecule has 36 heavy (non-hydrogen) atoms. The van der Waals surface area contributed by atoms with Gasteiger partial charge in [-0.3, -0.25) is 13.8 Å². The number of halogens is 1. The molecule has 4 rings (SSSR count). The Balaban J connectivity index is 1.68. The van der Waals surface area contributed by atoms with Crippen molar-refractivity contribution < 1.29 is 22.5 Å². The third-order valence-corrected chi connectivity index (χ3v) is 7.91. The summed E-state index contributed by atoms with van der Waals surface area (Å²) in [5, 5.41) is 3.64. The van der Waals surface area contributed by atoms with Crippen LogP contribution in [0.3, 0.4) is 0 Å². The Hall–Kier alpha value is -3.83. The van der Waals surface area contributed by atoms with E-state index >= 15 is 0 Å². The van der Waals surface area contributed by atoms with Crippen molar-refractivity contribution in [2.45, 2.75) is 25.3 Å². The quantitative estimate of drug-likeness (QED) is 0.335. The van der Waals surface area contributed by atoms with Crippen LogP contribution in [0.5, 0.6) is 0 Å². The Morgan fingerprint density at radius 3 is 2.47 bits per heavy atom. The average Bonchev–Trinajstić information content (AvgIpc) is 3.37. The van der Waals surface area contributed by atoms with Gasteiger partial charge in [0.25, 0.3) is 15.6 Å². The van der Waals surface area contributed by atoms with E-state index in [-0.39, 0.29) is 27.8 Å². The van der Waals surface area contributed by atoms with E-state index in [1.807, 2.05) is 6.07 Å². The number of rotatable bonds is 7. The molecule has 0 spiro atoms. The summed E-state index contributed by atoms with van der Waals surface area (Å²) in [6.45, 7) is 3.19. The Bertz CT molecular complexity index is 1610. The van der Waals surface area contributed by atoms with Gasteiger partial charge in [0.15, 0.2) is 0 Å². The number of hydrogen-bond donors (Lipinski definition) is 0. The molecule has 10 nitrogen and oxygen atoms in total. The van der Waals surface area contributed by atoms with Crippen LogP contribution in [0.15, 0.2) is 68.8 Å². The predicted octanol–water partition coefficient (Wildman–Crippen LogP) is 3.62. The lowest BCUT2D eigenvalue weighted by molar-refractivity contribution is 0.0464. The molecule has 0 N–H and O–H groups in total. The number of hydrogen-bond acceptors (Lipinski definition) is 7. The molecule has 188 valence electrons. The summed E-state index contributed by atoms with van der Waals surface area (Å²) in [7, 11) is -1.41. The number of ether oxygens (including phenoxy) is 1. The van der Waals surface area contributed by atoms with Gasteiger partial charge in [0.2, 0.25) is 0 Å². The van der Waals surface area contributed by atoms with Crippen molar-refractivity contribution in [1.29, 1.82) is 0 Å². The zero-order valence-electron chi connectivity index (χ0n) is 19.9. The maximum Gasteiger partial charge on any atom is 0.338 e. The zero-order chi connectivity index (χ0) is 26.2.